The van der Waals surface area contributed by atoms with Crippen molar-refractivity contribution in [3.05, 3.63) is 162 Å². The van der Waals surface area contributed by atoms with Crippen LogP contribution in [0.25, 0.3) is 44.5 Å². The van der Waals surface area contributed by atoms with Crippen molar-refractivity contribution in [2.75, 3.05) is 13.2 Å². The molecule has 0 unspecified atom stereocenters. The SMILES string of the molecule is Brc1cc(-c2ccccc2)cc(-c2ccccc2)c1.C1CCOC1.CC(C)OB1OC(C)(C)C(C)(C)O1.CC1(C)OB(c2cc(-c3ccccc3)cc(-c3ccccc3)c2)OC1(C)C. The number of hydrogen-bond donors (Lipinski definition) is 0. The Hall–Kier alpha value is -4.31. The zero-order chi connectivity index (χ0) is 46.0. The first kappa shape index (κ1) is 49.1. The fourth-order valence-electron chi connectivity index (χ4n) is 7.12. The van der Waals surface area contributed by atoms with Crippen LogP contribution in [0.5, 0.6) is 0 Å². The standard InChI is InChI=1S/C24H25BO2.C18H13Br.C9H19BO3.C4H8O/c1-23(2)24(3,4)27-25(26-23)22-16-20(18-11-7-5-8-12-18)15-21(17-22)19-13-9-6-10-14-19;19-18-12-16(14-7-3-1-4-8-14)11-17(13-18)15-9-5-2-6-10-15;1-7(2)11-10-12-8(3,4)9(5,6)13-10;1-2-4-5-3-1/h5-17H,1-4H3;1-13H;7H,1-6H3;1-4H2. The van der Waals surface area contributed by atoms with E-state index in [2.05, 4.69) is 177 Å². The lowest BCUT2D eigenvalue weighted by Crippen LogP contribution is -2.41. The summed E-state index contributed by atoms with van der Waals surface area (Å²) >= 11 is 3.61. The molecule has 0 aromatic heterocycles. The van der Waals surface area contributed by atoms with Gasteiger partial charge < -0.3 is 28.0 Å². The van der Waals surface area contributed by atoms with E-state index in [4.69, 9.17) is 28.0 Å². The molecule has 3 heterocycles. The molecule has 0 spiro atoms. The van der Waals surface area contributed by atoms with Crippen molar-refractivity contribution in [2.45, 2.75) is 111 Å². The molecule has 0 radical (unpaired) electrons. The second kappa shape index (κ2) is 21.8. The van der Waals surface area contributed by atoms with E-state index in [0.717, 1.165) is 23.1 Å². The highest BCUT2D eigenvalue weighted by atomic mass is 79.9. The summed E-state index contributed by atoms with van der Waals surface area (Å²) in [6.45, 7) is 22.3. The molecule has 9 rings (SSSR count). The van der Waals surface area contributed by atoms with E-state index in [1.54, 1.807) is 0 Å². The molecule has 3 aliphatic heterocycles. The van der Waals surface area contributed by atoms with E-state index >= 15 is 0 Å². The predicted octanol–water partition coefficient (Wildman–Crippen LogP) is 13.9. The van der Waals surface area contributed by atoms with Crippen LogP contribution >= 0.6 is 15.9 Å². The van der Waals surface area contributed by atoms with E-state index < -0.39 is 7.32 Å². The Bertz CT molecular complexity index is 2200. The molecule has 9 heteroatoms. The van der Waals surface area contributed by atoms with Crippen LogP contribution in [0, 0.1) is 0 Å². The van der Waals surface area contributed by atoms with Crippen LogP contribution in [0.4, 0.5) is 0 Å². The van der Waals surface area contributed by atoms with Crippen LogP contribution in [-0.2, 0) is 28.0 Å². The maximum Gasteiger partial charge on any atom is 0.640 e. The van der Waals surface area contributed by atoms with Crippen LogP contribution in [0.1, 0.15) is 82.1 Å². The lowest BCUT2D eigenvalue weighted by molar-refractivity contribution is 0.00578. The molecule has 6 aromatic carbocycles. The largest absolute Gasteiger partial charge is 0.640 e. The zero-order valence-corrected chi connectivity index (χ0v) is 41.0. The van der Waals surface area contributed by atoms with Crippen molar-refractivity contribution >= 4 is 35.8 Å². The Balaban J connectivity index is 0.000000159. The third-order valence-corrected chi connectivity index (χ3v) is 12.7. The Morgan fingerprint density at radius 2 is 0.750 bits per heavy atom. The van der Waals surface area contributed by atoms with Crippen molar-refractivity contribution in [2.24, 2.45) is 0 Å². The van der Waals surface area contributed by atoms with Crippen LogP contribution in [0.2, 0.25) is 0 Å². The Kier molecular flexibility index (Phi) is 16.7. The van der Waals surface area contributed by atoms with Crippen molar-refractivity contribution in [3.8, 4) is 44.5 Å². The average Bonchev–Trinajstić information content (AvgIpc) is 3.99. The van der Waals surface area contributed by atoms with Gasteiger partial charge in [-0.3, -0.25) is 0 Å². The summed E-state index contributed by atoms with van der Waals surface area (Å²) in [6.07, 6.45) is 2.68. The number of rotatable bonds is 7. The zero-order valence-electron chi connectivity index (χ0n) is 39.4. The third-order valence-electron chi connectivity index (χ3n) is 12.2. The Morgan fingerprint density at radius 1 is 0.438 bits per heavy atom. The highest BCUT2D eigenvalue weighted by molar-refractivity contribution is 9.10. The van der Waals surface area contributed by atoms with E-state index in [9.17, 15) is 0 Å². The van der Waals surface area contributed by atoms with Gasteiger partial charge in [-0.05, 0) is 156 Å². The van der Waals surface area contributed by atoms with Gasteiger partial charge in [-0.1, -0.05) is 149 Å². The second-order valence-electron chi connectivity index (χ2n) is 18.7. The van der Waals surface area contributed by atoms with Gasteiger partial charge in [0.05, 0.1) is 22.4 Å². The second-order valence-corrected chi connectivity index (χ2v) is 19.6. The molecule has 0 bridgehead atoms. The van der Waals surface area contributed by atoms with E-state index in [1.165, 1.54) is 57.3 Å². The summed E-state index contributed by atoms with van der Waals surface area (Å²) in [7, 11) is -0.897. The van der Waals surface area contributed by atoms with Gasteiger partial charge in [0.1, 0.15) is 0 Å². The van der Waals surface area contributed by atoms with Crippen LogP contribution in [0.3, 0.4) is 0 Å². The van der Waals surface area contributed by atoms with Gasteiger partial charge in [-0.2, -0.15) is 0 Å². The molecule has 6 aromatic rings. The van der Waals surface area contributed by atoms with Gasteiger partial charge >= 0.3 is 14.4 Å². The Morgan fingerprint density at radius 3 is 1.05 bits per heavy atom. The molecule has 0 amide bonds. The minimum Gasteiger partial charge on any atom is -0.399 e. The van der Waals surface area contributed by atoms with Gasteiger partial charge in [0.2, 0.25) is 0 Å². The first-order valence-corrected chi connectivity index (χ1v) is 23.3. The first-order chi connectivity index (χ1) is 30.4. The fraction of sp³-hybridized carbons (Fsp3) is 0.345. The summed E-state index contributed by atoms with van der Waals surface area (Å²) in [5, 5.41) is 0. The monoisotopic (exact) mass is 922 g/mol. The van der Waals surface area contributed by atoms with Gasteiger partial charge in [-0.25, -0.2) is 0 Å². The van der Waals surface area contributed by atoms with E-state index in [0.29, 0.717) is 0 Å². The fourth-order valence-corrected chi connectivity index (χ4v) is 7.62. The molecule has 6 nitrogen and oxygen atoms in total. The summed E-state index contributed by atoms with van der Waals surface area (Å²) < 4.78 is 35.4. The number of benzene rings is 6. The van der Waals surface area contributed by atoms with E-state index in [-0.39, 0.29) is 35.6 Å². The number of ether oxygens (including phenoxy) is 1. The van der Waals surface area contributed by atoms with Crippen LogP contribution in [-0.4, -0.2) is 56.2 Å². The highest BCUT2D eigenvalue weighted by Gasteiger charge is 2.53. The molecule has 0 saturated carbocycles. The van der Waals surface area contributed by atoms with Gasteiger partial charge in [-0.15, -0.1) is 0 Å². The average molecular weight is 924 g/mol. The van der Waals surface area contributed by atoms with Crippen molar-refractivity contribution in [1.82, 2.24) is 0 Å². The topological polar surface area (TPSA) is 55.4 Å². The quantitative estimate of drug-likeness (QED) is 0.149. The van der Waals surface area contributed by atoms with Gasteiger partial charge in [0.15, 0.2) is 0 Å². The van der Waals surface area contributed by atoms with Crippen LogP contribution in [0.15, 0.2) is 162 Å². The molecule has 3 aliphatic rings. The first-order valence-electron chi connectivity index (χ1n) is 22.5. The van der Waals surface area contributed by atoms with Crippen molar-refractivity contribution < 1.29 is 28.0 Å². The highest BCUT2D eigenvalue weighted by Crippen LogP contribution is 2.39. The smallest absolute Gasteiger partial charge is 0.399 e. The van der Waals surface area contributed by atoms with Gasteiger partial charge in [0.25, 0.3) is 0 Å². The number of hydrogen-bond acceptors (Lipinski definition) is 6. The normalized spacial score (nSPS) is 17.7. The molecule has 64 heavy (non-hydrogen) atoms. The molecule has 3 fully saturated rings. The van der Waals surface area contributed by atoms with E-state index in [1.807, 2.05) is 65.8 Å². The number of halogens is 1. The molecule has 0 aliphatic carbocycles. The maximum atomic E-state index is 6.31. The van der Waals surface area contributed by atoms with Crippen LogP contribution < -0.4 is 5.46 Å². The molecule has 0 N–H and O–H groups in total. The van der Waals surface area contributed by atoms with Crippen molar-refractivity contribution in [3.63, 3.8) is 0 Å². The van der Waals surface area contributed by atoms with Gasteiger partial charge in [0, 0.05) is 23.8 Å². The minimum atomic E-state index is -0.523. The maximum absolute atomic E-state index is 6.31. The molecule has 3 saturated heterocycles. The van der Waals surface area contributed by atoms with Crippen molar-refractivity contribution in [1.29, 1.82) is 0 Å². The lowest BCUT2D eigenvalue weighted by Gasteiger charge is -2.32. The lowest BCUT2D eigenvalue weighted by atomic mass is 9.76. The molecule has 0 atom stereocenters. The summed E-state index contributed by atoms with van der Waals surface area (Å²) in [4.78, 5) is 0. The summed E-state index contributed by atoms with van der Waals surface area (Å²) in [5.74, 6) is 0. The summed E-state index contributed by atoms with van der Waals surface area (Å²) in [6, 6.07) is 54.9. The minimum absolute atomic E-state index is 0.120. The molecular formula is C55H65B2BrO6. The molecular weight excluding hydrogens is 858 g/mol. The molecule has 334 valence electrons. The summed E-state index contributed by atoms with van der Waals surface area (Å²) in [5.41, 5.74) is 9.39. The Labute approximate surface area is 392 Å². The predicted molar refractivity (Wildman–Crippen MR) is 270 cm³/mol. The third kappa shape index (κ3) is 13.2.